The first-order valence-corrected chi connectivity index (χ1v) is 8.75. The number of sulfonamides is 1. The van der Waals surface area contributed by atoms with Crippen LogP contribution in [0.5, 0.6) is 0 Å². The van der Waals surface area contributed by atoms with Gasteiger partial charge in [-0.2, -0.15) is 0 Å². The third-order valence-corrected chi connectivity index (χ3v) is 5.63. The highest BCUT2D eigenvalue weighted by molar-refractivity contribution is 7.88. The highest BCUT2D eigenvalue weighted by Crippen LogP contribution is 2.26. The molecule has 0 aliphatic carbocycles. The van der Waals surface area contributed by atoms with Gasteiger partial charge in [-0.1, -0.05) is 12.1 Å². The topological polar surface area (TPSA) is 40.6 Å². The van der Waals surface area contributed by atoms with E-state index in [9.17, 15) is 12.8 Å². The van der Waals surface area contributed by atoms with Crippen LogP contribution < -0.4 is 0 Å². The van der Waals surface area contributed by atoms with Gasteiger partial charge in [0.1, 0.15) is 5.82 Å². The van der Waals surface area contributed by atoms with Gasteiger partial charge in [-0.15, -0.1) is 0 Å². The molecule has 1 aromatic carbocycles. The fourth-order valence-electron chi connectivity index (χ4n) is 3.18. The molecule has 0 bridgehead atoms. The monoisotopic (exact) mass is 298 g/mol. The fourth-order valence-corrected chi connectivity index (χ4v) is 4.06. The Bertz CT molecular complexity index is 618. The predicted molar refractivity (Wildman–Crippen MR) is 75.3 cm³/mol. The number of hydrogen-bond donors (Lipinski definition) is 0. The SMILES string of the molecule is CS(=O)(=O)N1CCC(N2CCc3cccc(F)c3C2)C1. The molecule has 0 spiro atoms. The van der Waals surface area contributed by atoms with Crippen LogP contribution in [0, 0.1) is 5.82 Å². The minimum atomic E-state index is -3.11. The number of hydrogen-bond acceptors (Lipinski definition) is 3. The molecule has 0 saturated carbocycles. The number of fused-ring (bicyclic) bond motifs is 1. The van der Waals surface area contributed by atoms with Crippen LogP contribution in [-0.2, 0) is 23.0 Å². The lowest BCUT2D eigenvalue weighted by molar-refractivity contribution is 0.182. The second-order valence-electron chi connectivity index (χ2n) is 5.66. The third-order valence-electron chi connectivity index (χ3n) is 4.36. The Morgan fingerprint density at radius 3 is 2.80 bits per heavy atom. The summed E-state index contributed by atoms with van der Waals surface area (Å²) in [7, 11) is -3.11. The van der Waals surface area contributed by atoms with Crippen LogP contribution >= 0.6 is 0 Å². The van der Waals surface area contributed by atoms with Crippen molar-refractivity contribution in [2.24, 2.45) is 0 Å². The average molecular weight is 298 g/mol. The first kappa shape index (κ1) is 14.0. The van der Waals surface area contributed by atoms with E-state index in [1.807, 2.05) is 6.07 Å². The van der Waals surface area contributed by atoms with Crippen molar-refractivity contribution in [1.29, 1.82) is 0 Å². The standard InChI is InChI=1S/C14H19FN2O2S/c1-20(18,19)17-8-6-12(9-17)16-7-5-11-3-2-4-14(15)13(11)10-16/h2-4,12H,5-10H2,1H3. The van der Waals surface area contributed by atoms with E-state index >= 15 is 0 Å². The molecule has 2 aliphatic heterocycles. The van der Waals surface area contributed by atoms with Crippen LogP contribution in [0.3, 0.4) is 0 Å². The van der Waals surface area contributed by atoms with E-state index in [4.69, 9.17) is 0 Å². The zero-order valence-electron chi connectivity index (χ0n) is 11.5. The molecular formula is C14H19FN2O2S. The van der Waals surface area contributed by atoms with Crippen LogP contribution in [0.1, 0.15) is 17.5 Å². The van der Waals surface area contributed by atoms with Gasteiger partial charge in [0, 0.05) is 37.8 Å². The van der Waals surface area contributed by atoms with Gasteiger partial charge in [0.2, 0.25) is 10.0 Å². The fraction of sp³-hybridized carbons (Fsp3) is 0.571. The molecule has 1 aromatic rings. The molecule has 1 atom stereocenters. The van der Waals surface area contributed by atoms with Crippen molar-refractivity contribution in [3.63, 3.8) is 0 Å². The quantitative estimate of drug-likeness (QED) is 0.824. The molecule has 20 heavy (non-hydrogen) atoms. The molecule has 0 radical (unpaired) electrons. The van der Waals surface area contributed by atoms with Crippen molar-refractivity contribution >= 4 is 10.0 Å². The van der Waals surface area contributed by atoms with E-state index in [0.29, 0.717) is 19.6 Å². The highest BCUT2D eigenvalue weighted by atomic mass is 32.2. The average Bonchev–Trinajstić information content (AvgIpc) is 2.88. The molecule has 6 heteroatoms. The van der Waals surface area contributed by atoms with Crippen molar-refractivity contribution in [3.05, 3.63) is 35.1 Å². The van der Waals surface area contributed by atoms with E-state index in [1.54, 1.807) is 6.07 Å². The Labute approximate surface area is 119 Å². The summed E-state index contributed by atoms with van der Waals surface area (Å²) in [6.45, 7) is 2.57. The van der Waals surface area contributed by atoms with Gasteiger partial charge in [0.15, 0.2) is 0 Å². The molecule has 4 nitrogen and oxygen atoms in total. The largest absolute Gasteiger partial charge is 0.294 e. The van der Waals surface area contributed by atoms with Gasteiger partial charge in [0.05, 0.1) is 6.26 Å². The Morgan fingerprint density at radius 1 is 1.30 bits per heavy atom. The van der Waals surface area contributed by atoms with Crippen LogP contribution in [0.2, 0.25) is 0 Å². The highest BCUT2D eigenvalue weighted by Gasteiger charge is 2.33. The van der Waals surface area contributed by atoms with Crippen molar-refractivity contribution < 1.29 is 12.8 Å². The lowest BCUT2D eigenvalue weighted by atomic mass is 9.98. The van der Waals surface area contributed by atoms with Gasteiger partial charge in [0.25, 0.3) is 0 Å². The van der Waals surface area contributed by atoms with Crippen LogP contribution in [0.4, 0.5) is 4.39 Å². The van der Waals surface area contributed by atoms with Crippen molar-refractivity contribution in [1.82, 2.24) is 9.21 Å². The second-order valence-corrected chi connectivity index (χ2v) is 7.64. The molecule has 1 fully saturated rings. The number of halogens is 1. The summed E-state index contributed by atoms with van der Waals surface area (Å²) in [4.78, 5) is 2.22. The van der Waals surface area contributed by atoms with Gasteiger partial charge < -0.3 is 0 Å². The Hall–Kier alpha value is -0.980. The molecule has 0 N–H and O–H groups in total. The molecule has 110 valence electrons. The molecule has 0 aromatic heterocycles. The van der Waals surface area contributed by atoms with Gasteiger partial charge in [-0.05, 0) is 24.5 Å². The van der Waals surface area contributed by atoms with Gasteiger partial charge >= 0.3 is 0 Å². The second kappa shape index (κ2) is 5.09. The number of benzene rings is 1. The smallest absolute Gasteiger partial charge is 0.211 e. The van der Waals surface area contributed by atoms with Crippen molar-refractivity contribution in [2.75, 3.05) is 25.9 Å². The summed E-state index contributed by atoms with van der Waals surface area (Å²) < 4.78 is 38.5. The molecule has 2 heterocycles. The van der Waals surface area contributed by atoms with Gasteiger partial charge in [-0.3, -0.25) is 4.90 Å². The number of nitrogens with zero attached hydrogens (tertiary/aromatic N) is 2. The van der Waals surface area contributed by atoms with Crippen LogP contribution in [0.15, 0.2) is 18.2 Å². The predicted octanol–water partition coefficient (Wildman–Crippen LogP) is 1.22. The maximum absolute atomic E-state index is 13.9. The third kappa shape index (κ3) is 2.60. The number of rotatable bonds is 2. The van der Waals surface area contributed by atoms with E-state index in [0.717, 1.165) is 30.5 Å². The lowest BCUT2D eigenvalue weighted by Gasteiger charge is -2.33. The minimum Gasteiger partial charge on any atom is -0.294 e. The zero-order chi connectivity index (χ0) is 14.3. The molecule has 1 unspecified atom stereocenters. The van der Waals surface area contributed by atoms with Crippen LogP contribution in [-0.4, -0.2) is 49.6 Å². The normalized spacial score (nSPS) is 24.8. The summed E-state index contributed by atoms with van der Waals surface area (Å²) in [6, 6.07) is 5.44. The minimum absolute atomic E-state index is 0.148. The van der Waals surface area contributed by atoms with E-state index in [2.05, 4.69) is 4.90 Å². The van der Waals surface area contributed by atoms with Crippen LogP contribution in [0.25, 0.3) is 0 Å². The van der Waals surface area contributed by atoms with Crippen molar-refractivity contribution in [3.8, 4) is 0 Å². The first-order chi connectivity index (χ1) is 9.45. The van der Waals surface area contributed by atoms with E-state index in [1.165, 1.54) is 16.6 Å². The van der Waals surface area contributed by atoms with E-state index in [-0.39, 0.29) is 11.9 Å². The Kier molecular flexibility index (Phi) is 3.56. The maximum atomic E-state index is 13.9. The summed E-state index contributed by atoms with van der Waals surface area (Å²) in [6.07, 6.45) is 2.92. The summed E-state index contributed by atoms with van der Waals surface area (Å²) >= 11 is 0. The lowest BCUT2D eigenvalue weighted by Crippen LogP contribution is -2.41. The molecule has 3 rings (SSSR count). The summed E-state index contributed by atoms with van der Waals surface area (Å²) in [5, 5.41) is 0. The van der Waals surface area contributed by atoms with E-state index < -0.39 is 10.0 Å². The van der Waals surface area contributed by atoms with Crippen molar-refractivity contribution in [2.45, 2.75) is 25.4 Å². The molecular weight excluding hydrogens is 279 g/mol. The maximum Gasteiger partial charge on any atom is 0.211 e. The Balaban J connectivity index is 1.74. The molecule has 0 amide bonds. The van der Waals surface area contributed by atoms with Gasteiger partial charge in [-0.25, -0.2) is 17.1 Å². The Morgan fingerprint density at radius 2 is 2.10 bits per heavy atom. The molecule has 1 saturated heterocycles. The molecule has 2 aliphatic rings. The first-order valence-electron chi connectivity index (χ1n) is 6.90. The zero-order valence-corrected chi connectivity index (χ0v) is 12.4. The summed E-state index contributed by atoms with van der Waals surface area (Å²) in [5.74, 6) is -0.148. The summed E-state index contributed by atoms with van der Waals surface area (Å²) in [5.41, 5.74) is 1.86.